The molecule has 1 aliphatic rings. The van der Waals surface area contributed by atoms with Crippen LogP contribution in [0.1, 0.15) is 37.5 Å². The van der Waals surface area contributed by atoms with Crippen molar-refractivity contribution < 1.29 is 9.72 Å². The standard InChI is InChI=1S/C14H18N2O3S/c1-2-11-5-3-4-10-15(11)13(17)8-6-12-7-9-14(20-12)16(18)19/h6-9,11H,2-5,10H2,1H3/b8-6+. The first-order chi connectivity index (χ1) is 9.61. The summed E-state index contributed by atoms with van der Waals surface area (Å²) in [5, 5.41) is 10.7. The van der Waals surface area contributed by atoms with Crippen molar-refractivity contribution in [3.8, 4) is 0 Å². The molecular weight excluding hydrogens is 276 g/mol. The maximum absolute atomic E-state index is 12.2. The molecule has 6 heteroatoms. The van der Waals surface area contributed by atoms with Crippen LogP contribution in [0.2, 0.25) is 0 Å². The van der Waals surface area contributed by atoms with E-state index in [9.17, 15) is 14.9 Å². The Labute approximate surface area is 122 Å². The highest BCUT2D eigenvalue weighted by Crippen LogP contribution is 2.25. The van der Waals surface area contributed by atoms with Crippen molar-refractivity contribution in [2.24, 2.45) is 0 Å². The van der Waals surface area contributed by atoms with E-state index < -0.39 is 4.92 Å². The van der Waals surface area contributed by atoms with E-state index in [1.165, 1.54) is 18.6 Å². The highest BCUT2D eigenvalue weighted by molar-refractivity contribution is 7.16. The number of nitro groups is 1. The van der Waals surface area contributed by atoms with E-state index in [0.717, 1.165) is 42.0 Å². The van der Waals surface area contributed by atoms with Crippen LogP contribution in [-0.2, 0) is 4.79 Å². The molecule has 0 bridgehead atoms. The first kappa shape index (κ1) is 14.7. The molecule has 2 rings (SSSR count). The van der Waals surface area contributed by atoms with Crippen LogP contribution in [0.15, 0.2) is 18.2 Å². The first-order valence-corrected chi connectivity index (χ1v) is 7.66. The second-order valence-corrected chi connectivity index (χ2v) is 5.95. The van der Waals surface area contributed by atoms with Gasteiger partial charge in [0.05, 0.1) is 4.92 Å². The molecule has 1 aromatic heterocycles. The molecular formula is C14H18N2O3S. The van der Waals surface area contributed by atoms with Gasteiger partial charge in [0.1, 0.15) is 0 Å². The smallest absolute Gasteiger partial charge is 0.324 e. The maximum Gasteiger partial charge on any atom is 0.324 e. The van der Waals surface area contributed by atoms with Gasteiger partial charge in [0.2, 0.25) is 5.91 Å². The van der Waals surface area contributed by atoms with Gasteiger partial charge < -0.3 is 4.90 Å². The molecule has 2 heterocycles. The Bertz CT molecular complexity index is 524. The number of amides is 1. The lowest BCUT2D eigenvalue weighted by molar-refractivity contribution is -0.380. The van der Waals surface area contributed by atoms with Crippen LogP contribution < -0.4 is 0 Å². The summed E-state index contributed by atoms with van der Waals surface area (Å²) in [7, 11) is 0. The Morgan fingerprint density at radius 1 is 1.55 bits per heavy atom. The average molecular weight is 294 g/mol. The van der Waals surface area contributed by atoms with Gasteiger partial charge in [-0.15, -0.1) is 0 Å². The number of hydrogen-bond acceptors (Lipinski definition) is 4. The number of carbonyl (C=O) groups excluding carboxylic acids is 1. The highest BCUT2D eigenvalue weighted by atomic mass is 32.1. The van der Waals surface area contributed by atoms with Gasteiger partial charge in [0.25, 0.3) is 0 Å². The van der Waals surface area contributed by atoms with Crippen molar-refractivity contribution in [2.75, 3.05) is 6.54 Å². The van der Waals surface area contributed by atoms with Gasteiger partial charge >= 0.3 is 5.00 Å². The summed E-state index contributed by atoms with van der Waals surface area (Å²) in [5.41, 5.74) is 0. The molecule has 1 amide bonds. The zero-order chi connectivity index (χ0) is 14.5. The lowest BCUT2D eigenvalue weighted by atomic mass is 10.00. The summed E-state index contributed by atoms with van der Waals surface area (Å²) in [6.45, 7) is 2.91. The summed E-state index contributed by atoms with van der Waals surface area (Å²) < 4.78 is 0. The van der Waals surface area contributed by atoms with Crippen LogP contribution in [0.5, 0.6) is 0 Å². The molecule has 1 aromatic rings. The average Bonchev–Trinajstić information content (AvgIpc) is 2.94. The van der Waals surface area contributed by atoms with E-state index in [2.05, 4.69) is 6.92 Å². The predicted octanol–water partition coefficient (Wildman–Crippen LogP) is 3.46. The van der Waals surface area contributed by atoms with Gasteiger partial charge in [-0.1, -0.05) is 18.3 Å². The molecule has 5 nitrogen and oxygen atoms in total. The van der Waals surface area contributed by atoms with E-state index in [1.807, 2.05) is 4.90 Å². The summed E-state index contributed by atoms with van der Waals surface area (Å²) in [6, 6.07) is 3.46. The Hall–Kier alpha value is -1.69. The van der Waals surface area contributed by atoms with Crippen molar-refractivity contribution in [1.29, 1.82) is 0 Å². The molecule has 0 spiro atoms. The molecule has 108 valence electrons. The van der Waals surface area contributed by atoms with Crippen molar-refractivity contribution in [3.05, 3.63) is 33.2 Å². The number of hydrogen-bond donors (Lipinski definition) is 0. The third-order valence-electron chi connectivity index (χ3n) is 3.56. The van der Waals surface area contributed by atoms with E-state index in [-0.39, 0.29) is 10.9 Å². The maximum atomic E-state index is 12.2. The molecule has 1 saturated heterocycles. The Morgan fingerprint density at radius 2 is 2.35 bits per heavy atom. The molecule has 1 atom stereocenters. The molecule has 20 heavy (non-hydrogen) atoms. The number of likely N-dealkylation sites (tertiary alicyclic amines) is 1. The van der Waals surface area contributed by atoms with Crippen LogP contribution in [0.4, 0.5) is 5.00 Å². The summed E-state index contributed by atoms with van der Waals surface area (Å²) in [5.74, 6) is 0.00704. The monoisotopic (exact) mass is 294 g/mol. The number of piperidine rings is 1. The van der Waals surface area contributed by atoms with Crippen molar-refractivity contribution >= 4 is 28.3 Å². The van der Waals surface area contributed by atoms with Gasteiger partial charge in [0.15, 0.2) is 0 Å². The summed E-state index contributed by atoms with van der Waals surface area (Å²) in [4.78, 5) is 25.0. The van der Waals surface area contributed by atoms with Crippen molar-refractivity contribution in [3.63, 3.8) is 0 Å². The van der Waals surface area contributed by atoms with Crippen LogP contribution >= 0.6 is 11.3 Å². The molecule has 1 aliphatic heterocycles. The van der Waals surface area contributed by atoms with E-state index in [0.29, 0.717) is 6.04 Å². The van der Waals surface area contributed by atoms with Crippen molar-refractivity contribution in [1.82, 2.24) is 4.90 Å². The normalized spacial score (nSPS) is 19.4. The first-order valence-electron chi connectivity index (χ1n) is 6.84. The van der Waals surface area contributed by atoms with Crippen LogP contribution in [0, 0.1) is 10.1 Å². The van der Waals surface area contributed by atoms with Crippen molar-refractivity contribution in [2.45, 2.75) is 38.6 Å². The fourth-order valence-electron chi connectivity index (χ4n) is 2.49. The lowest BCUT2D eigenvalue weighted by Crippen LogP contribution is -2.42. The zero-order valence-corrected chi connectivity index (χ0v) is 12.3. The Kier molecular flexibility index (Phi) is 4.89. The minimum atomic E-state index is -0.415. The minimum absolute atomic E-state index is 0.00704. The zero-order valence-electron chi connectivity index (χ0n) is 11.4. The quantitative estimate of drug-likeness (QED) is 0.485. The Morgan fingerprint density at radius 3 is 3.00 bits per heavy atom. The molecule has 0 aromatic carbocycles. The molecule has 0 saturated carbocycles. The van der Waals surface area contributed by atoms with Gasteiger partial charge in [0, 0.05) is 29.6 Å². The van der Waals surface area contributed by atoms with E-state index >= 15 is 0 Å². The summed E-state index contributed by atoms with van der Waals surface area (Å²) in [6.07, 6.45) is 7.49. The number of rotatable bonds is 4. The Balaban J connectivity index is 2.02. The fraction of sp³-hybridized carbons (Fsp3) is 0.500. The van der Waals surface area contributed by atoms with Crippen LogP contribution in [0.3, 0.4) is 0 Å². The fourth-order valence-corrected chi connectivity index (χ4v) is 3.22. The topological polar surface area (TPSA) is 63.5 Å². The largest absolute Gasteiger partial charge is 0.336 e. The minimum Gasteiger partial charge on any atom is -0.336 e. The highest BCUT2D eigenvalue weighted by Gasteiger charge is 2.23. The lowest BCUT2D eigenvalue weighted by Gasteiger charge is -2.34. The van der Waals surface area contributed by atoms with Gasteiger partial charge in [-0.25, -0.2) is 0 Å². The number of carbonyl (C=O) groups is 1. The third kappa shape index (κ3) is 3.45. The van der Waals surface area contributed by atoms with E-state index in [1.54, 1.807) is 12.1 Å². The SMILES string of the molecule is CCC1CCCCN1C(=O)/C=C/c1ccc([N+](=O)[O-])s1. The van der Waals surface area contributed by atoms with Gasteiger partial charge in [-0.3, -0.25) is 14.9 Å². The van der Waals surface area contributed by atoms with Gasteiger partial charge in [-0.05, 0) is 37.8 Å². The predicted molar refractivity (Wildman–Crippen MR) is 79.7 cm³/mol. The number of nitrogens with zero attached hydrogens (tertiary/aromatic N) is 2. The summed E-state index contributed by atoms with van der Waals surface area (Å²) >= 11 is 1.08. The number of thiophene rings is 1. The van der Waals surface area contributed by atoms with Crippen LogP contribution in [0.25, 0.3) is 6.08 Å². The second kappa shape index (κ2) is 6.65. The molecule has 0 N–H and O–H groups in total. The third-order valence-corrected chi connectivity index (χ3v) is 4.57. The molecule has 0 aliphatic carbocycles. The van der Waals surface area contributed by atoms with Gasteiger partial charge in [-0.2, -0.15) is 0 Å². The van der Waals surface area contributed by atoms with E-state index in [4.69, 9.17) is 0 Å². The van der Waals surface area contributed by atoms with Crippen LogP contribution in [-0.4, -0.2) is 28.3 Å². The molecule has 0 radical (unpaired) electrons. The molecule has 1 unspecified atom stereocenters. The second-order valence-electron chi connectivity index (χ2n) is 4.86. The molecule has 1 fully saturated rings.